The van der Waals surface area contributed by atoms with Crippen LogP contribution in [0.3, 0.4) is 0 Å². The van der Waals surface area contributed by atoms with E-state index in [1.165, 1.54) is 0 Å². The van der Waals surface area contributed by atoms with E-state index in [0.29, 0.717) is 13.0 Å². The van der Waals surface area contributed by atoms with E-state index in [4.69, 9.17) is 16.2 Å². The maximum absolute atomic E-state index is 12.3. The molecular formula is C8H19ClFNOSi. The molecule has 1 aliphatic heterocycles. The van der Waals surface area contributed by atoms with Crippen LogP contribution in [0.25, 0.3) is 0 Å². The van der Waals surface area contributed by atoms with Crippen LogP contribution in [0.15, 0.2) is 0 Å². The van der Waals surface area contributed by atoms with Crippen molar-refractivity contribution < 1.29 is 9.50 Å². The van der Waals surface area contributed by atoms with Crippen LogP contribution in [-0.2, 0) is 0 Å². The second-order valence-corrected chi connectivity index (χ2v) is 11.7. The van der Waals surface area contributed by atoms with E-state index in [1.54, 1.807) is 0 Å². The number of halogens is 2. The number of hydrogen-bond acceptors (Lipinski definition) is 2. The van der Waals surface area contributed by atoms with Crippen LogP contribution in [0, 0.1) is 0 Å². The highest BCUT2D eigenvalue weighted by atomic mass is 35.6. The predicted molar refractivity (Wildman–Crippen MR) is 57.6 cm³/mol. The van der Waals surface area contributed by atoms with Gasteiger partial charge in [-0.1, -0.05) is 19.6 Å². The second kappa shape index (κ2) is 5.96. The van der Waals surface area contributed by atoms with Crippen molar-refractivity contribution in [3.63, 3.8) is 0 Å². The van der Waals surface area contributed by atoms with Gasteiger partial charge in [0.2, 0.25) is 0 Å². The fraction of sp³-hybridized carbons (Fsp3) is 1.00. The Kier molecular flexibility index (Phi) is 6.12. The number of rotatable bonds is 0. The molecule has 0 aromatic carbocycles. The van der Waals surface area contributed by atoms with Gasteiger partial charge < -0.3 is 10.4 Å². The highest BCUT2D eigenvalue weighted by Crippen LogP contribution is 2.05. The topological polar surface area (TPSA) is 32.3 Å². The largest absolute Gasteiger partial charge is 0.390 e. The first-order valence-corrected chi connectivity index (χ1v) is 9.03. The van der Waals surface area contributed by atoms with Crippen LogP contribution >= 0.6 is 11.1 Å². The lowest BCUT2D eigenvalue weighted by Crippen LogP contribution is -2.41. The van der Waals surface area contributed by atoms with Gasteiger partial charge in [-0.3, -0.25) is 0 Å². The molecular weight excluding hydrogens is 209 g/mol. The number of piperidine rings is 1. The zero-order chi connectivity index (χ0) is 10.5. The maximum Gasteiger partial charge on any atom is 0.147 e. The van der Waals surface area contributed by atoms with Crippen LogP contribution in [0.5, 0.6) is 0 Å². The predicted octanol–water partition coefficient (Wildman–Crippen LogP) is 1.74. The molecule has 2 N–H and O–H groups in total. The molecule has 0 spiro atoms. The molecule has 0 bridgehead atoms. The number of aliphatic hydroxyl groups is 1. The van der Waals surface area contributed by atoms with Crippen LogP contribution < -0.4 is 5.32 Å². The van der Waals surface area contributed by atoms with Crippen molar-refractivity contribution in [2.45, 2.75) is 38.3 Å². The Hall–Kier alpha value is 0.357. The molecule has 0 saturated carbocycles. The number of nitrogens with one attached hydrogen (secondary N) is 1. The first-order valence-electron chi connectivity index (χ1n) is 4.52. The lowest BCUT2D eigenvalue weighted by Gasteiger charge is -2.21. The van der Waals surface area contributed by atoms with Gasteiger partial charge in [0, 0.05) is 6.54 Å². The average Bonchev–Trinajstić information content (AvgIpc) is 1.92. The highest BCUT2D eigenvalue weighted by molar-refractivity contribution is 7.18. The molecule has 1 heterocycles. The smallest absolute Gasteiger partial charge is 0.147 e. The van der Waals surface area contributed by atoms with E-state index in [0.717, 1.165) is 6.54 Å². The van der Waals surface area contributed by atoms with Crippen molar-refractivity contribution in [3.8, 4) is 0 Å². The van der Waals surface area contributed by atoms with Crippen molar-refractivity contribution in [3.05, 3.63) is 0 Å². The third kappa shape index (κ3) is 10.3. The molecule has 0 radical (unpaired) electrons. The van der Waals surface area contributed by atoms with Crippen molar-refractivity contribution in [2.75, 3.05) is 13.1 Å². The molecule has 5 heteroatoms. The summed E-state index contributed by atoms with van der Waals surface area (Å²) in [6.07, 6.45) is -1.23. The summed E-state index contributed by atoms with van der Waals surface area (Å²) >= 11 is 5.67. The minimum atomic E-state index is -1.14. The molecule has 2 unspecified atom stereocenters. The normalized spacial score (nSPS) is 29.1. The summed E-state index contributed by atoms with van der Waals surface area (Å²) in [4.78, 5) is 0. The zero-order valence-corrected chi connectivity index (χ0v) is 10.2. The third-order valence-corrected chi connectivity index (χ3v) is 1.37. The van der Waals surface area contributed by atoms with Gasteiger partial charge >= 0.3 is 0 Å². The van der Waals surface area contributed by atoms with Gasteiger partial charge in [0.15, 0.2) is 0 Å². The summed E-state index contributed by atoms with van der Waals surface area (Å²) in [6.45, 7) is 7.32. The van der Waals surface area contributed by atoms with Gasteiger partial charge in [-0.25, -0.2) is 4.39 Å². The van der Waals surface area contributed by atoms with E-state index < -0.39 is 19.7 Å². The Morgan fingerprint density at radius 3 is 2.15 bits per heavy atom. The van der Waals surface area contributed by atoms with Crippen molar-refractivity contribution in [1.29, 1.82) is 0 Å². The van der Waals surface area contributed by atoms with Gasteiger partial charge in [0.05, 0.1) is 6.10 Å². The van der Waals surface area contributed by atoms with Crippen molar-refractivity contribution in [2.24, 2.45) is 0 Å². The fourth-order valence-electron chi connectivity index (χ4n) is 0.807. The average molecular weight is 228 g/mol. The summed E-state index contributed by atoms with van der Waals surface area (Å²) in [5, 5.41) is 11.6. The quantitative estimate of drug-likeness (QED) is 0.488. The lowest BCUT2D eigenvalue weighted by molar-refractivity contribution is 0.0532. The molecule has 1 saturated heterocycles. The van der Waals surface area contributed by atoms with Gasteiger partial charge in [-0.2, -0.15) is 11.1 Å². The van der Waals surface area contributed by atoms with E-state index in [2.05, 4.69) is 25.0 Å². The van der Waals surface area contributed by atoms with Gasteiger partial charge in [0.25, 0.3) is 0 Å². The summed E-state index contributed by atoms with van der Waals surface area (Å²) in [5.41, 5.74) is 0. The number of alkyl halides is 1. The van der Waals surface area contributed by atoms with Crippen LogP contribution in [0.2, 0.25) is 19.6 Å². The minimum Gasteiger partial charge on any atom is -0.390 e. The molecule has 2 atom stereocenters. The van der Waals surface area contributed by atoms with Gasteiger partial charge in [0.1, 0.15) is 13.6 Å². The number of hydrogen-bond donors (Lipinski definition) is 2. The maximum atomic E-state index is 12.3. The summed E-state index contributed by atoms with van der Waals surface area (Å²) in [6, 6.07) is 0. The Labute approximate surface area is 85.2 Å². The Morgan fingerprint density at radius 1 is 1.46 bits per heavy atom. The monoisotopic (exact) mass is 227 g/mol. The van der Waals surface area contributed by atoms with E-state index in [9.17, 15) is 4.39 Å². The first-order chi connectivity index (χ1) is 5.80. The van der Waals surface area contributed by atoms with Crippen LogP contribution in [0.1, 0.15) is 6.42 Å². The molecule has 1 rings (SSSR count). The minimum absolute atomic E-state index is 0.307. The molecule has 0 aliphatic carbocycles. The van der Waals surface area contributed by atoms with Gasteiger partial charge in [-0.05, 0) is 13.0 Å². The Morgan fingerprint density at radius 2 is 1.92 bits per heavy atom. The molecule has 1 aliphatic rings. The number of aliphatic hydroxyl groups excluding tert-OH is 1. The van der Waals surface area contributed by atoms with Crippen LogP contribution in [0.4, 0.5) is 4.39 Å². The fourth-order valence-corrected chi connectivity index (χ4v) is 0.807. The third-order valence-electron chi connectivity index (χ3n) is 1.37. The Balaban J connectivity index is 0.000000252. The van der Waals surface area contributed by atoms with Gasteiger partial charge in [-0.15, -0.1) is 0 Å². The lowest BCUT2D eigenvalue weighted by atomic mass is 10.1. The van der Waals surface area contributed by atoms with E-state index >= 15 is 0 Å². The molecule has 0 amide bonds. The summed E-state index contributed by atoms with van der Waals surface area (Å²) < 4.78 is 12.3. The standard InChI is InChI=1S/C5H10FNO.C3H9ClSi/c6-4-3-7-2-1-5(4)8;1-5(2,3)4/h4-5,7-8H,1-3H2;1-3H3. The Bertz CT molecular complexity index is 127. The summed E-state index contributed by atoms with van der Waals surface area (Å²) in [5.74, 6) is 0. The van der Waals surface area contributed by atoms with E-state index in [1.807, 2.05) is 0 Å². The SMILES string of the molecule is C[Si](C)(C)Cl.OC1CCNCC1F. The molecule has 80 valence electrons. The van der Waals surface area contributed by atoms with E-state index in [-0.39, 0.29) is 0 Å². The molecule has 0 aromatic heterocycles. The molecule has 1 fully saturated rings. The molecule has 2 nitrogen and oxygen atoms in total. The molecule has 0 aromatic rings. The van der Waals surface area contributed by atoms with Crippen LogP contribution in [-0.4, -0.2) is 37.9 Å². The second-order valence-electron chi connectivity index (χ2n) is 4.14. The zero-order valence-electron chi connectivity index (χ0n) is 8.48. The molecule has 13 heavy (non-hydrogen) atoms. The highest BCUT2D eigenvalue weighted by Gasteiger charge is 2.20. The summed E-state index contributed by atoms with van der Waals surface area (Å²) in [7, 11) is -1.14. The first kappa shape index (κ1) is 13.4. The van der Waals surface area contributed by atoms with Crippen molar-refractivity contribution in [1.82, 2.24) is 5.32 Å². The van der Waals surface area contributed by atoms with Crippen molar-refractivity contribution >= 4 is 18.5 Å².